The van der Waals surface area contributed by atoms with Gasteiger partial charge in [0.25, 0.3) is 5.91 Å². The summed E-state index contributed by atoms with van der Waals surface area (Å²) in [6.45, 7) is 1.78. The predicted molar refractivity (Wildman–Crippen MR) is 101 cm³/mol. The summed E-state index contributed by atoms with van der Waals surface area (Å²) in [5.74, 6) is 1.29. The number of rotatable bonds is 8. The molecule has 0 atom stereocenters. The van der Waals surface area contributed by atoms with E-state index in [4.69, 9.17) is 14.2 Å². The van der Waals surface area contributed by atoms with Gasteiger partial charge in [-0.05, 0) is 30.3 Å². The molecule has 0 unspecified atom stereocenters. The van der Waals surface area contributed by atoms with Crippen molar-refractivity contribution in [3.05, 3.63) is 47.5 Å². The second kappa shape index (κ2) is 8.77. The lowest BCUT2D eigenvalue weighted by Crippen LogP contribution is -2.23. The molecule has 0 aliphatic carbocycles. The first-order valence-corrected chi connectivity index (χ1v) is 9.91. The molecule has 7 nitrogen and oxygen atoms in total. The first kappa shape index (κ1) is 20.6. The highest BCUT2D eigenvalue weighted by Gasteiger charge is 2.15. The second-order valence-electron chi connectivity index (χ2n) is 5.63. The zero-order valence-electron chi connectivity index (χ0n) is 15.7. The van der Waals surface area contributed by atoms with Crippen LogP contribution in [0.2, 0.25) is 0 Å². The molecule has 0 fully saturated rings. The Labute approximate surface area is 159 Å². The Morgan fingerprint density at radius 2 is 1.48 bits per heavy atom. The number of carbonyl (C=O) groups is 1. The first-order chi connectivity index (χ1) is 12.9. The molecular formula is C19H23NO6S. The van der Waals surface area contributed by atoms with Crippen molar-refractivity contribution >= 4 is 15.7 Å². The van der Waals surface area contributed by atoms with Crippen molar-refractivity contribution in [3.8, 4) is 17.2 Å². The number of ether oxygens (including phenoxy) is 3. The average molecular weight is 393 g/mol. The number of benzene rings is 2. The summed E-state index contributed by atoms with van der Waals surface area (Å²) in [5, 5.41) is 2.79. The van der Waals surface area contributed by atoms with E-state index in [-0.39, 0.29) is 23.1 Å². The third-order valence-corrected chi connectivity index (χ3v) is 5.83. The van der Waals surface area contributed by atoms with E-state index in [1.807, 2.05) is 0 Å². The summed E-state index contributed by atoms with van der Waals surface area (Å²) in [6.07, 6.45) is 0. The minimum atomic E-state index is -3.29. The lowest BCUT2D eigenvalue weighted by Gasteiger charge is -2.14. The van der Waals surface area contributed by atoms with Crippen LogP contribution in [0.25, 0.3) is 0 Å². The van der Waals surface area contributed by atoms with Crippen molar-refractivity contribution in [1.29, 1.82) is 0 Å². The van der Waals surface area contributed by atoms with Crippen molar-refractivity contribution in [1.82, 2.24) is 5.32 Å². The Hall–Kier alpha value is -2.74. The number of nitrogens with one attached hydrogen (secondary N) is 1. The SMILES string of the molecule is CCS(=O)(=O)c1ccc(C(=O)NCc2cc(OC)c(OC)cc2OC)cc1. The zero-order valence-corrected chi connectivity index (χ0v) is 16.6. The minimum Gasteiger partial charge on any atom is -0.496 e. The van der Waals surface area contributed by atoms with Crippen LogP contribution in [-0.4, -0.2) is 41.4 Å². The van der Waals surface area contributed by atoms with Gasteiger partial charge in [-0.1, -0.05) is 6.92 Å². The van der Waals surface area contributed by atoms with Crippen LogP contribution in [0.5, 0.6) is 17.2 Å². The van der Waals surface area contributed by atoms with E-state index in [1.165, 1.54) is 45.6 Å². The Kier molecular flexibility index (Phi) is 6.68. The average Bonchev–Trinajstić information content (AvgIpc) is 2.71. The highest BCUT2D eigenvalue weighted by molar-refractivity contribution is 7.91. The summed E-state index contributed by atoms with van der Waals surface area (Å²) in [6, 6.07) is 9.27. The van der Waals surface area contributed by atoms with Crippen LogP contribution < -0.4 is 19.5 Å². The van der Waals surface area contributed by atoms with Gasteiger partial charge in [-0.25, -0.2) is 8.42 Å². The molecule has 0 saturated heterocycles. The standard InChI is InChI=1S/C19H23NO6S/c1-5-27(22,23)15-8-6-13(7-9-15)19(21)20-12-14-10-17(25-3)18(26-4)11-16(14)24-2/h6-11H,5,12H2,1-4H3,(H,20,21). The van der Waals surface area contributed by atoms with Crippen molar-refractivity contribution in [2.75, 3.05) is 27.1 Å². The van der Waals surface area contributed by atoms with E-state index >= 15 is 0 Å². The highest BCUT2D eigenvalue weighted by Crippen LogP contribution is 2.34. The molecule has 1 amide bonds. The summed E-state index contributed by atoms with van der Waals surface area (Å²) >= 11 is 0. The fraction of sp³-hybridized carbons (Fsp3) is 0.316. The van der Waals surface area contributed by atoms with Crippen LogP contribution in [0.4, 0.5) is 0 Å². The summed E-state index contributed by atoms with van der Waals surface area (Å²) in [5.41, 5.74) is 1.08. The molecule has 146 valence electrons. The monoisotopic (exact) mass is 393 g/mol. The molecule has 2 rings (SSSR count). The number of amides is 1. The molecule has 27 heavy (non-hydrogen) atoms. The fourth-order valence-electron chi connectivity index (χ4n) is 2.49. The van der Waals surface area contributed by atoms with E-state index in [1.54, 1.807) is 19.1 Å². The third-order valence-electron chi connectivity index (χ3n) is 4.08. The quantitative estimate of drug-likeness (QED) is 0.741. The zero-order chi connectivity index (χ0) is 20.0. The maximum absolute atomic E-state index is 12.4. The lowest BCUT2D eigenvalue weighted by molar-refractivity contribution is 0.0950. The van der Waals surface area contributed by atoms with Crippen LogP contribution in [0.3, 0.4) is 0 Å². The van der Waals surface area contributed by atoms with Gasteiger partial charge in [0.1, 0.15) is 5.75 Å². The van der Waals surface area contributed by atoms with Gasteiger partial charge in [-0.2, -0.15) is 0 Å². The molecule has 0 radical (unpaired) electrons. The number of hydrogen-bond acceptors (Lipinski definition) is 6. The summed E-state index contributed by atoms with van der Waals surface area (Å²) in [7, 11) is 1.29. The predicted octanol–water partition coefficient (Wildman–Crippen LogP) is 2.44. The highest BCUT2D eigenvalue weighted by atomic mass is 32.2. The largest absolute Gasteiger partial charge is 0.496 e. The molecule has 0 aromatic heterocycles. The van der Waals surface area contributed by atoms with Gasteiger partial charge in [0.2, 0.25) is 0 Å². The number of methoxy groups -OCH3 is 3. The van der Waals surface area contributed by atoms with Gasteiger partial charge in [0, 0.05) is 23.7 Å². The maximum atomic E-state index is 12.4. The molecule has 2 aromatic carbocycles. The first-order valence-electron chi connectivity index (χ1n) is 8.26. The van der Waals surface area contributed by atoms with Crippen LogP contribution in [-0.2, 0) is 16.4 Å². The number of carbonyl (C=O) groups excluding carboxylic acids is 1. The molecule has 0 aliphatic rings. The molecule has 0 aliphatic heterocycles. The van der Waals surface area contributed by atoms with Crippen LogP contribution in [0.15, 0.2) is 41.3 Å². The van der Waals surface area contributed by atoms with E-state index in [0.717, 1.165) is 0 Å². The van der Waals surface area contributed by atoms with Crippen LogP contribution in [0, 0.1) is 0 Å². The van der Waals surface area contributed by atoms with E-state index in [2.05, 4.69) is 5.32 Å². The van der Waals surface area contributed by atoms with Gasteiger partial charge in [-0.3, -0.25) is 4.79 Å². The Morgan fingerprint density at radius 1 is 0.926 bits per heavy atom. The van der Waals surface area contributed by atoms with Gasteiger partial charge in [0.15, 0.2) is 21.3 Å². The third kappa shape index (κ3) is 4.71. The molecule has 0 bridgehead atoms. The number of hydrogen-bond donors (Lipinski definition) is 1. The molecule has 0 saturated carbocycles. The molecular weight excluding hydrogens is 370 g/mol. The number of sulfone groups is 1. The summed E-state index contributed by atoms with van der Waals surface area (Å²) in [4.78, 5) is 12.6. The molecule has 1 N–H and O–H groups in total. The van der Waals surface area contributed by atoms with Gasteiger partial charge in [0.05, 0.1) is 32.0 Å². The van der Waals surface area contributed by atoms with E-state index < -0.39 is 9.84 Å². The molecule has 0 heterocycles. The van der Waals surface area contributed by atoms with Crippen molar-refractivity contribution in [3.63, 3.8) is 0 Å². The smallest absolute Gasteiger partial charge is 0.251 e. The molecule has 2 aromatic rings. The molecule has 0 spiro atoms. The summed E-state index contributed by atoms with van der Waals surface area (Å²) < 4.78 is 39.5. The topological polar surface area (TPSA) is 90.9 Å². The van der Waals surface area contributed by atoms with Gasteiger partial charge < -0.3 is 19.5 Å². The van der Waals surface area contributed by atoms with Crippen molar-refractivity contribution in [2.45, 2.75) is 18.4 Å². The van der Waals surface area contributed by atoms with E-state index in [0.29, 0.717) is 28.4 Å². The fourth-order valence-corrected chi connectivity index (χ4v) is 3.37. The minimum absolute atomic E-state index is 0.0115. The normalized spacial score (nSPS) is 11.0. The Bertz CT molecular complexity index is 907. The Morgan fingerprint density at radius 3 is 2.00 bits per heavy atom. The van der Waals surface area contributed by atoms with E-state index in [9.17, 15) is 13.2 Å². The van der Waals surface area contributed by atoms with Crippen molar-refractivity contribution < 1.29 is 27.4 Å². The Balaban J connectivity index is 2.15. The second-order valence-corrected chi connectivity index (χ2v) is 7.91. The van der Waals surface area contributed by atoms with Crippen LogP contribution in [0.1, 0.15) is 22.8 Å². The van der Waals surface area contributed by atoms with Gasteiger partial charge >= 0.3 is 0 Å². The van der Waals surface area contributed by atoms with Crippen molar-refractivity contribution in [2.24, 2.45) is 0 Å². The lowest BCUT2D eigenvalue weighted by atomic mass is 10.1. The van der Waals surface area contributed by atoms with Gasteiger partial charge in [-0.15, -0.1) is 0 Å². The molecule has 8 heteroatoms. The maximum Gasteiger partial charge on any atom is 0.251 e. The van der Waals surface area contributed by atoms with Crippen LogP contribution >= 0.6 is 0 Å².